The maximum absolute atomic E-state index is 12.1. The molecular weight excluding hydrogens is 274 g/mol. The molecular formula is C15H17NO3S. The van der Waals surface area contributed by atoms with Crippen molar-refractivity contribution >= 4 is 10.0 Å². The molecule has 2 N–H and O–H groups in total. The Balaban J connectivity index is 2.03. The minimum Gasteiger partial charge on any atom is -0.508 e. The molecule has 2 aromatic carbocycles. The Morgan fingerprint density at radius 2 is 1.65 bits per heavy atom. The van der Waals surface area contributed by atoms with Crippen LogP contribution in [-0.4, -0.2) is 20.1 Å². The molecule has 0 bridgehead atoms. The summed E-state index contributed by atoms with van der Waals surface area (Å²) in [5.41, 5.74) is 0.971. The third-order valence-electron chi connectivity index (χ3n) is 3.10. The number of rotatable bonds is 5. The van der Waals surface area contributed by atoms with Gasteiger partial charge in [-0.05, 0) is 35.7 Å². The van der Waals surface area contributed by atoms with Crippen molar-refractivity contribution in [2.75, 3.05) is 6.54 Å². The van der Waals surface area contributed by atoms with E-state index in [1.165, 1.54) is 0 Å². The fraction of sp³-hybridized carbons (Fsp3) is 0.200. The van der Waals surface area contributed by atoms with Gasteiger partial charge in [-0.15, -0.1) is 0 Å². The van der Waals surface area contributed by atoms with Crippen LogP contribution in [0.2, 0.25) is 0 Å². The maximum Gasteiger partial charge on any atom is 0.240 e. The first kappa shape index (κ1) is 14.6. The van der Waals surface area contributed by atoms with E-state index in [1.807, 2.05) is 6.92 Å². The fourth-order valence-corrected chi connectivity index (χ4v) is 2.99. The van der Waals surface area contributed by atoms with Gasteiger partial charge in [0.2, 0.25) is 10.0 Å². The monoisotopic (exact) mass is 291 g/mol. The number of phenolic OH excluding ortho intramolecular Hbond substituents is 1. The lowest BCUT2D eigenvalue weighted by atomic mass is 10.0. The van der Waals surface area contributed by atoms with Crippen LogP contribution in [0.3, 0.4) is 0 Å². The topological polar surface area (TPSA) is 66.4 Å². The van der Waals surface area contributed by atoms with Crippen molar-refractivity contribution in [3.63, 3.8) is 0 Å². The molecule has 0 heterocycles. The number of aromatic hydroxyl groups is 1. The zero-order chi connectivity index (χ0) is 14.6. The van der Waals surface area contributed by atoms with Crippen LogP contribution in [0.25, 0.3) is 0 Å². The van der Waals surface area contributed by atoms with Gasteiger partial charge in [-0.3, -0.25) is 0 Å². The molecule has 1 unspecified atom stereocenters. The lowest BCUT2D eigenvalue weighted by Crippen LogP contribution is -2.27. The molecule has 0 aliphatic heterocycles. The molecule has 1 atom stereocenters. The van der Waals surface area contributed by atoms with E-state index in [1.54, 1.807) is 54.6 Å². The minimum absolute atomic E-state index is 0.0223. The van der Waals surface area contributed by atoms with E-state index in [9.17, 15) is 13.5 Å². The van der Waals surface area contributed by atoms with Crippen molar-refractivity contribution in [2.45, 2.75) is 17.7 Å². The highest BCUT2D eigenvalue weighted by atomic mass is 32.2. The van der Waals surface area contributed by atoms with Crippen molar-refractivity contribution < 1.29 is 13.5 Å². The third-order valence-corrected chi connectivity index (χ3v) is 4.53. The average Bonchev–Trinajstić information content (AvgIpc) is 2.46. The van der Waals surface area contributed by atoms with Crippen molar-refractivity contribution in [2.24, 2.45) is 0 Å². The van der Waals surface area contributed by atoms with Crippen LogP contribution in [0.1, 0.15) is 18.4 Å². The van der Waals surface area contributed by atoms with Gasteiger partial charge in [0.05, 0.1) is 4.90 Å². The highest BCUT2D eigenvalue weighted by molar-refractivity contribution is 7.89. The molecule has 0 fully saturated rings. The van der Waals surface area contributed by atoms with Crippen LogP contribution in [0.4, 0.5) is 0 Å². The smallest absolute Gasteiger partial charge is 0.240 e. The van der Waals surface area contributed by atoms with Gasteiger partial charge in [-0.1, -0.05) is 37.3 Å². The number of phenols is 1. The lowest BCUT2D eigenvalue weighted by Gasteiger charge is -2.13. The second-order valence-electron chi connectivity index (χ2n) is 4.66. The van der Waals surface area contributed by atoms with Crippen LogP contribution < -0.4 is 4.72 Å². The Labute approximate surface area is 119 Å². The highest BCUT2D eigenvalue weighted by Gasteiger charge is 2.15. The van der Waals surface area contributed by atoms with Gasteiger partial charge in [0.1, 0.15) is 5.75 Å². The van der Waals surface area contributed by atoms with Gasteiger partial charge in [-0.25, -0.2) is 13.1 Å². The number of sulfonamides is 1. The van der Waals surface area contributed by atoms with Crippen molar-refractivity contribution in [3.8, 4) is 5.75 Å². The maximum atomic E-state index is 12.1. The normalized spacial score (nSPS) is 13.1. The van der Waals surface area contributed by atoms with E-state index >= 15 is 0 Å². The molecule has 0 saturated carbocycles. The predicted molar refractivity (Wildman–Crippen MR) is 78.2 cm³/mol. The fourth-order valence-electron chi connectivity index (χ4n) is 1.84. The van der Waals surface area contributed by atoms with E-state index in [0.29, 0.717) is 6.54 Å². The summed E-state index contributed by atoms with van der Waals surface area (Å²) >= 11 is 0. The van der Waals surface area contributed by atoms with Crippen LogP contribution in [0, 0.1) is 0 Å². The molecule has 0 aliphatic carbocycles. The van der Waals surface area contributed by atoms with E-state index in [2.05, 4.69) is 4.72 Å². The van der Waals surface area contributed by atoms with Crippen LogP contribution in [0.15, 0.2) is 59.5 Å². The molecule has 2 aromatic rings. The molecule has 0 saturated heterocycles. The Morgan fingerprint density at radius 3 is 2.25 bits per heavy atom. The van der Waals surface area contributed by atoms with Gasteiger partial charge >= 0.3 is 0 Å². The highest BCUT2D eigenvalue weighted by Crippen LogP contribution is 2.18. The van der Waals surface area contributed by atoms with Crippen molar-refractivity contribution in [1.82, 2.24) is 4.72 Å². The second-order valence-corrected chi connectivity index (χ2v) is 6.42. The minimum atomic E-state index is -3.47. The molecule has 0 spiro atoms. The Hall–Kier alpha value is -1.85. The first-order valence-corrected chi connectivity index (χ1v) is 7.81. The Kier molecular flexibility index (Phi) is 4.42. The van der Waals surface area contributed by atoms with Crippen LogP contribution in [-0.2, 0) is 10.0 Å². The molecule has 106 valence electrons. The second kappa shape index (κ2) is 6.07. The average molecular weight is 291 g/mol. The summed E-state index contributed by atoms with van der Waals surface area (Å²) in [5.74, 6) is 0.222. The summed E-state index contributed by atoms with van der Waals surface area (Å²) < 4.78 is 26.7. The van der Waals surface area contributed by atoms with Gasteiger partial charge in [0.25, 0.3) is 0 Å². The molecule has 0 aliphatic rings. The molecule has 4 nitrogen and oxygen atoms in total. The first-order valence-electron chi connectivity index (χ1n) is 6.33. The number of hydrogen-bond donors (Lipinski definition) is 2. The number of hydrogen-bond acceptors (Lipinski definition) is 3. The molecule has 0 radical (unpaired) electrons. The zero-order valence-electron chi connectivity index (χ0n) is 11.2. The standard InChI is InChI=1S/C15H17NO3S/c1-12(13-7-9-14(17)10-8-13)11-16-20(18,19)15-5-3-2-4-6-15/h2-10,12,16-17H,11H2,1H3. The SMILES string of the molecule is CC(CNS(=O)(=O)c1ccccc1)c1ccc(O)cc1. The molecule has 0 aromatic heterocycles. The van der Waals surface area contributed by atoms with Crippen molar-refractivity contribution in [3.05, 3.63) is 60.2 Å². The Bertz CT molecular complexity index is 651. The van der Waals surface area contributed by atoms with Crippen LogP contribution in [0.5, 0.6) is 5.75 Å². The molecule has 2 rings (SSSR count). The number of benzene rings is 2. The largest absolute Gasteiger partial charge is 0.508 e. The third kappa shape index (κ3) is 3.59. The molecule has 20 heavy (non-hydrogen) atoms. The van der Waals surface area contributed by atoms with Gasteiger partial charge in [-0.2, -0.15) is 0 Å². The lowest BCUT2D eigenvalue weighted by molar-refractivity contribution is 0.475. The van der Waals surface area contributed by atoms with E-state index in [-0.39, 0.29) is 16.6 Å². The van der Waals surface area contributed by atoms with Gasteiger partial charge < -0.3 is 5.11 Å². The molecule has 0 amide bonds. The Morgan fingerprint density at radius 1 is 1.05 bits per heavy atom. The van der Waals surface area contributed by atoms with E-state index in [0.717, 1.165) is 5.56 Å². The molecule has 5 heteroatoms. The van der Waals surface area contributed by atoms with Crippen LogP contribution >= 0.6 is 0 Å². The van der Waals surface area contributed by atoms with E-state index in [4.69, 9.17) is 0 Å². The summed E-state index contributed by atoms with van der Waals surface area (Å²) in [7, 11) is -3.47. The quantitative estimate of drug-likeness (QED) is 0.889. The van der Waals surface area contributed by atoms with Gasteiger partial charge in [0.15, 0.2) is 0 Å². The summed E-state index contributed by atoms with van der Waals surface area (Å²) in [5, 5.41) is 9.23. The zero-order valence-corrected chi connectivity index (χ0v) is 12.0. The summed E-state index contributed by atoms with van der Waals surface area (Å²) in [6, 6.07) is 15.1. The predicted octanol–water partition coefficient (Wildman–Crippen LogP) is 2.47. The summed E-state index contributed by atoms with van der Waals surface area (Å²) in [6.45, 7) is 2.24. The van der Waals surface area contributed by atoms with Crippen molar-refractivity contribution in [1.29, 1.82) is 0 Å². The summed E-state index contributed by atoms with van der Waals surface area (Å²) in [4.78, 5) is 0.262. The van der Waals surface area contributed by atoms with E-state index < -0.39 is 10.0 Å². The summed E-state index contributed by atoms with van der Waals surface area (Å²) in [6.07, 6.45) is 0. The number of nitrogens with one attached hydrogen (secondary N) is 1. The first-order chi connectivity index (χ1) is 9.49. The van der Waals surface area contributed by atoms with Gasteiger partial charge in [0, 0.05) is 6.54 Å².